The molecule has 0 bridgehead atoms. The molecule has 9 nitrogen and oxygen atoms in total. The van der Waals surface area contributed by atoms with Crippen molar-refractivity contribution in [2.45, 2.75) is 38.4 Å². The van der Waals surface area contributed by atoms with Crippen molar-refractivity contribution in [2.75, 3.05) is 32.7 Å². The number of rotatable bonds is 6. The number of benzene rings is 1. The molecule has 0 aliphatic carbocycles. The molecular formula is C21H27N5O4. The molecule has 3 heterocycles. The van der Waals surface area contributed by atoms with Crippen LogP contribution in [0.4, 0.5) is 0 Å². The summed E-state index contributed by atoms with van der Waals surface area (Å²) in [7, 11) is 0. The van der Waals surface area contributed by atoms with Gasteiger partial charge in [-0.1, -0.05) is 6.07 Å². The summed E-state index contributed by atoms with van der Waals surface area (Å²) in [5.41, 5.74) is 1.54. The Hall–Kier alpha value is -2.62. The maximum Gasteiger partial charge on any atom is 0.262 e. The van der Waals surface area contributed by atoms with E-state index < -0.39 is 23.8 Å². The van der Waals surface area contributed by atoms with Gasteiger partial charge >= 0.3 is 0 Å². The number of nitrogens with zero attached hydrogens (tertiary/aromatic N) is 2. The van der Waals surface area contributed by atoms with Gasteiger partial charge in [0.1, 0.15) is 6.04 Å². The molecule has 3 aliphatic rings. The summed E-state index contributed by atoms with van der Waals surface area (Å²) in [6.07, 6.45) is 0.276. The highest BCUT2D eigenvalue weighted by atomic mass is 16.2. The van der Waals surface area contributed by atoms with Crippen molar-refractivity contribution >= 4 is 23.6 Å². The Labute approximate surface area is 175 Å². The van der Waals surface area contributed by atoms with E-state index in [0.29, 0.717) is 23.7 Å². The van der Waals surface area contributed by atoms with Gasteiger partial charge in [-0.3, -0.25) is 34.3 Å². The van der Waals surface area contributed by atoms with Crippen LogP contribution in [0.15, 0.2) is 18.2 Å². The third-order valence-electron chi connectivity index (χ3n) is 6.05. The first-order chi connectivity index (χ1) is 14.5. The second-order valence-corrected chi connectivity index (χ2v) is 8.09. The first-order valence-corrected chi connectivity index (χ1v) is 10.5. The Kier molecular flexibility index (Phi) is 5.94. The third-order valence-corrected chi connectivity index (χ3v) is 6.05. The van der Waals surface area contributed by atoms with Crippen LogP contribution in [0.1, 0.15) is 46.0 Å². The van der Waals surface area contributed by atoms with Crippen LogP contribution in [-0.4, -0.2) is 78.2 Å². The largest absolute Gasteiger partial charge is 0.314 e. The van der Waals surface area contributed by atoms with Crippen molar-refractivity contribution in [2.24, 2.45) is 0 Å². The quantitative estimate of drug-likeness (QED) is 0.538. The van der Waals surface area contributed by atoms with E-state index in [1.54, 1.807) is 12.1 Å². The molecule has 2 atom stereocenters. The molecule has 2 saturated heterocycles. The number of hydrogen-bond donors (Lipinski definition) is 3. The SMILES string of the molecule is CC(CNCc1ccc2c(c1)C(=O)N(C1CCC(=O)NC1=O)C2=O)N1CCNCC1. The Morgan fingerprint density at radius 1 is 1.10 bits per heavy atom. The first kappa shape index (κ1) is 20.6. The van der Waals surface area contributed by atoms with Gasteiger partial charge < -0.3 is 10.6 Å². The monoisotopic (exact) mass is 413 g/mol. The fourth-order valence-electron chi connectivity index (χ4n) is 4.31. The molecule has 0 aromatic heterocycles. The molecule has 1 aromatic rings. The highest BCUT2D eigenvalue weighted by molar-refractivity contribution is 6.23. The van der Waals surface area contributed by atoms with Crippen LogP contribution in [0, 0.1) is 0 Å². The van der Waals surface area contributed by atoms with Gasteiger partial charge in [-0.15, -0.1) is 0 Å². The highest BCUT2D eigenvalue weighted by Gasteiger charge is 2.44. The van der Waals surface area contributed by atoms with Gasteiger partial charge in [0.05, 0.1) is 11.1 Å². The van der Waals surface area contributed by atoms with Crippen molar-refractivity contribution in [3.8, 4) is 0 Å². The lowest BCUT2D eigenvalue weighted by Gasteiger charge is -2.32. The second-order valence-electron chi connectivity index (χ2n) is 8.09. The molecule has 4 amide bonds. The molecule has 3 aliphatic heterocycles. The van der Waals surface area contributed by atoms with Crippen molar-refractivity contribution in [1.82, 2.24) is 25.8 Å². The maximum absolute atomic E-state index is 12.9. The fraction of sp³-hybridized carbons (Fsp3) is 0.524. The summed E-state index contributed by atoms with van der Waals surface area (Å²) in [5.74, 6) is -1.92. The summed E-state index contributed by atoms with van der Waals surface area (Å²) in [6.45, 7) is 7.70. The smallest absolute Gasteiger partial charge is 0.262 e. The van der Waals surface area contributed by atoms with Gasteiger partial charge in [0.15, 0.2) is 0 Å². The molecule has 0 radical (unpaired) electrons. The number of imide groups is 2. The van der Waals surface area contributed by atoms with Gasteiger partial charge in [-0.2, -0.15) is 0 Å². The number of carbonyl (C=O) groups excluding carboxylic acids is 4. The predicted octanol–water partition coefficient (Wildman–Crippen LogP) is -0.529. The van der Waals surface area contributed by atoms with E-state index in [2.05, 4.69) is 27.8 Å². The third kappa shape index (κ3) is 4.00. The van der Waals surface area contributed by atoms with Crippen LogP contribution >= 0.6 is 0 Å². The van der Waals surface area contributed by atoms with Gasteiger partial charge in [0.25, 0.3) is 11.8 Å². The van der Waals surface area contributed by atoms with Crippen molar-refractivity contribution in [3.63, 3.8) is 0 Å². The number of hydrogen-bond acceptors (Lipinski definition) is 7. The average Bonchev–Trinajstić information content (AvgIpc) is 2.99. The van der Waals surface area contributed by atoms with Crippen LogP contribution in [0.2, 0.25) is 0 Å². The molecule has 4 rings (SSSR count). The van der Waals surface area contributed by atoms with Gasteiger partial charge in [0, 0.05) is 51.7 Å². The molecule has 2 unspecified atom stereocenters. The van der Waals surface area contributed by atoms with Crippen molar-refractivity contribution < 1.29 is 19.2 Å². The van der Waals surface area contributed by atoms with Gasteiger partial charge in [-0.25, -0.2) is 0 Å². The Morgan fingerprint density at radius 3 is 2.57 bits per heavy atom. The lowest BCUT2D eigenvalue weighted by molar-refractivity contribution is -0.136. The molecule has 9 heteroatoms. The number of nitrogens with one attached hydrogen (secondary N) is 3. The zero-order chi connectivity index (χ0) is 21.3. The van der Waals surface area contributed by atoms with Crippen LogP contribution in [0.5, 0.6) is 0 Å². The van der Waals surface area contributed by atoms with E-state index >= 15 is 0 Å². The lowest BCUT2D eigenvalue weighted by atomic mass is 10.0. The molecule has 0 saturated carbocycles. The van der Waals surface area contributed by atoms with Crippen LogP contribution < -0.4 is 16.0 Å². The molecule has 0 spiro atoms. The van der Waals surface area contributed by atoms with Crippen LogP contribution in [-0.2, 0) is 16.1 Å². The fourth-order valence-corrected chi connectivity index (χ4v) is 4.31. The lowest BCUT2D eigenvalue weighted by Crippen LogP contribution is -2.54. The number of amides is 4. The Bertz CT molecular complexity index is 880. The summed E-state index contributed by atoms with van der Waals surface area (Å²) < 4.78 is 0. The van der Waals surface area contributed by atoms with Crippen LogP contribution in [0.3, 0.4) is 0 Å². The molecule has 1 aromatic carbocycles. The number of fused-ring (bicyclic) bond motifs is 1. The molecule has 30 heavy (non-hydrogen) atoms. The number of piperidine rings is 1. The number of carbonyl (C=O) groups is 4. The van der Waals surface area contributed by atoms with E-state index in [-0.39, 0.29) is 18.7 Å². The summed E-state index contributed by atoms with van der Waals surface area (Å²) in [6, 6.07) is 4.69. The van der Waals surface area contributed by atoms with Gasteiger partial charge in [-0.05, 0) is 31.0 Å². The first-order valence-electron chi connectivity index (χ1n) is 10.5. The maximum atomic E-state index is 12.9. The molecular weight excluding hydrogens is 386 g/mol. The normalized spacial score (nSPS) is 23.5. The van der Waals surface area contributed by atoms with Gasteiger partial charge in [0.2, 0.25) is 11.8 Å². The van der Waals surface area contributed by atoms with Crippen molar-refractivity contribution in [3.05, 3.63) is 34.9 Å². The predicted molar refractivity (Wildman–Crippen MR) is 109 cm³/mol. The Balaban J connectivity index is 1.39. The minimum atomic E-state index is -0.934. The standard InChI is InChI=1S/C21H27N5O4/c1-13(25-8-6-22-7-9-25)11-23-12-14-2-3-15-16(10-14)21(30)26(20(15)29)17-4-5-18(27)24-19(17)28/h2-3,10,13,17,22-23H,4-9,11-12H2,1H3,(H,24,27,28). The molecule has 2 fully saturated rings. The topological polar surface area (TPSA) is 111 Å². The second kappa shape index (κ2) is 8.63. The summed E-state index contributed by atoms with van der Waals surface area (Å²) in [5, 5.41) is 8.99. The minimum absolute atomic E-state index is 0.115. The molecule has 160 valence electrons. The van der Waals surface area contributed by atoms with E-state index in [4.69, 9.17) is 0 Å². The van der Waals surface area contributed by atoms with E-state index in [0.717, 1.165) is 43.2 Å². The zero-order valence-electron chi connectivity index (χ0n) is 17.1. The van der Waals surface area contributed by atoms with E-state index in [1.807, 2.05) is 6.07 Å². The van der Waals surface area contributed by atoms with Crippen LogP contribution in [0.25, 0.3) is 0 Å². The number of piperazine rings is 1. The summed E-state index contributed by atoms with van der Waals surface area (Å²) in [4.78, 5) is 52.6. The summed E-state index contributed by atoms with van der Waals surface area (Å²) >= 11 is 0. The Morgan fingerprint density at radius 2 is 1.83 bits per heavy atom. The molecule has 3 N–H and O–H groups in total. The highest BCUT2D eigenvalue weighted by Crippen LogP contribution is 2.28. The van der Waals surface area contributed by atoms with E-state index in [1.165, 1.54) is 0 Å². The van der Waals surface area contributed by atoms with E-state index in [9.17, 15) is 19.2 Å². The minimum Gasteiger partial charge on any atom is -0.314 e. The van der Waals surface area contributed by atoms with Crippen molar-refractivity contribution in [1.29, 1.82) is 0 Å². The zero-order valence-corrected chi connectivity index (χ0v) is 17.1. The average molecular weight is 413 g/mol.